The van der Waals surface area contributed by atoms with E-state index >= 15 is 0 Å². The van der Waals surface area contributed by atoms with Crippen LogP contribution in [0.2, 0.25) is 0 Å². The van der Waals surface area contributed by atoms with Crippen LogP contribution in [0.15, 0.2) is 18.3 Å². The summed E-state index contributed by atoms with van der Waals surface area (Å²) in [5.74, 6) is 0.179. The number of pyridine rings is 1. The average Bonchev–Trinajstić information content (AvgIpc) is 2.10. The van der Waals surface area contributed by atoms with Gasteiger partial charge >= 0.3 is 0 Å². The molecule has 0 spiro atoms. The Hall–Kier alpha value is -1.84. The number of nitrogen functional groups attached to an aromatic ring is 1. The Morgan fingerprint density at radius 1 is 1.64 bits per heavy atom. The summed E-state index contributed by atoms with van der Waals surface area (Å²) < 4.78 is 0. The van der Waals surface area contributed by atoms with E-state index in [2.05, 4.69) is 4.98 Å². The standard InChI is InChI=1S/C10H13N3O/c1-7-5-8(6-13-10(7)12)3-2-4-9(11)14/h2-3,5-6H,4H2,1H3,(H2,11,14)(H2,12,13). The Labute approximate surface area is 82.6 Å². The first-order chi connectivity index (χ1) is 6.59. The molecule has 4 heteroatoms. The van der Waals surface area contributed by atoms with E-state index in [1.807, 2.05) is 13.0 Å². The predicted octanol–water partition coefficient (Wildman–Crippen LogP) is 0.861. The molecule has 0 aliphatic heterocycles. The Bertz CT molecular complexity index is 372. The molecule has 0 saturated carbocycles. The first-order valence-electron chi connectivity index (χ1n) is 4.26. The van der Waals surface area contributed by atoms with Gasteiger partial charge in [-0.25, -0.2) is 4.98 Å². The summed E-state index contributed by atoms with van der Waals surface area (Å²) >= 11 is 0. The van der Waals surface area contributed by atoms with Crippen LogP contribution in [-0.2, 0) is 4.79 Å². The molecule has 0 aliphatic carbocycles. The van der Waals surface area contributed by atoms with Crippen LogP contribution in [0.3, 0.4) is 0 Å². The third-order valence-electron chi connectivity index (χ3n) is 1.77. The van der Waals surface area contributed by atoms with Crippen molar-refractivity contribution in [3.8, 4) is 0 Å². The van der Waals surface area contributed by atoms with Crippen molar-refractivity contribution >= 4 is 17.8 Å². The zero-order valence-corrected chi connectivity index (χ0v) is 8.03. The van der Waals surface area contributed by atoms with Gasteiger partial charge < -0.3 is 11.5 Å². The molecule has 1 heterocycles. The van der Waals surface area contributed by atoms with Gasteiger partial charge in [0.2, 0.25) is 5.91 Å². The number of nitrogens with two attached hydrogens (primary N) is 2. The highest BCUT2D eigenvalue weighted by Crippen LogP contribution is 2.10. The Morgan fingerprint density at radius 3 is 2.93 bits per heavy atom. The van der Waals surface area contributed by atoms with E-state index in [0.29, 0.717) is 5.82 Å². The molecule has 0 aromatic carbocycles. The maximum absolute atomic E-state index is 10.4. The molecule has 0 atom stereocenters. The van der Waals surface area contributed by atoms with Gasteiger partial charge in [-0.2, -0.15) is 0 Å². The highest BCUT2D eigenvalue weighted by molar-refractivity contribution is 5.76. The normalized spacial score (nSPS) is 10.6. The van der Waals surface area contributed by atoms with Crippen LogP contribution < -0.4 is 11.5 Å². The fraction of sp³-hybridized carbons (Fsp3) is 0.200. The molecule has 0 fully saturated rings. The lowest BCUT2D eigenvalue weighted by Crippen LogP contribution is -2.07. The number of carbonyl (C=O) groups excluding carboxylic acids is 1. The monoisotopic (exact) mass is 191 g/mol. The van der Waals surface area contributed by atoms with Crippen molar-refractivity contribution in [3.63, 3.8) is 0 Å². The highest BCUT2D eigenvalue weighted by Gasteiger charge is 1.94. The first kappa shape index (κ1) is 10.2. The molecule has 1 aromatic heterocycles. The van der Waals surface area contributed by atoms with Gasteiger partial charge in [-0.1, -0.05) is 12.2 Å². The number of aromatic nitrogens is 1. The predicted molar refractivity (Wildman–Crippen MR) is 56.2 cm³/mol. The fourth-order valence-corrected chi connectivity index (χ4v) is 1.01. The Kier molecular flexibility index (Phi) is 3.23. The number of nitrogens with zero attached hydrogens (tertiary/aromatic N) is 1. The van der Waals surface area contributed by atoms with Crippen molar-refractivity contribution in [2.75, 3.05) is 5.73 Å². The minimum atomic E-state index is -0.346. The minimum Gasteiger partial charge on any atom is -0.383 e. The number of hydrogen-bond donors (Lipinski definition) is 2. The van der Waals surface area contributed by atoms with Crippen molar-refractivity contribution in [2.24, 2.45) is 5.73 Å². The second kappa shape index (κ2) is 4.41. The molecule has 1 rings (SSSR count). The molecule has 1 aromatic rings. The summed E-state index contributed by atoms with van der Waals surface area (Å²) in [6, 6.07) is 1.90. The number of anilines is 1. The van der Waals surface area contributed by atoms with Gasteiger partial charge in [0.15, 0.2) is 0 Å². The summed E-state index contributed by atoms with van der Waals surface area (Å²) in [5, 5.41) is 0. The second-order valence-electron chi connectivity index (χ2n) is 3.04. The first-order valence-corrected chi connectivity index (χ1v) is 4.26. The van der Waals surface area contributed by atoms with Crippen LogP contribution >= 0.6 is 0 Å². The molecule has 4 nitrogen and oxygen atoms in total. The van der Waals surface area contributed by atoms with Crippen molar-refractivity contribution < 1.29 is 4.79 Å². The van der Waals surface area contributed by atoms with Crippen molar-refractivity contribution in [3.05, 3.63) is 29.5 Å². The lowest BCUT2D eigenvalue weighted by molar-refractivity contribution is -0.117. The molecule has 0 aliphatic rings. The van der Waals surface area contributed by atoms with Crippen LogP contribution in [-0.4, -0.2) is 10.9 Å². The second-order valence-corrected chi connectivity index (χ2v) is 3.04. The number of primary amides is 1. The number of amides is 1. The van der Waals surface area contributed by atoms with Crippen LogP contribution in [0.1, 0.15) is 17.5 Å². The summed E-state index contributed by atoms with van der Waals surface area (Å²) in [4.78, 5) is 14.4. The van der Waals surface area contributed by atoms with E-state index in [1.165, 1.54) is 0 Å². The lowest BCUT2D eigenvalue weighted by Gasteiger charge is -1.99. The molecule has 0 bridgehead atoms. The van der Waals surface area contributed by atoms with E-state index in [4.69, 9.17) is 11.5 Å². The maximum atomic E-state index is 10.4. The lowest BCUT2D eigenvalue weighted by atomic mass is 10.2. The van der Waals surface area contributed by atoms with Crippen LogP contribution in [0.25, 0.3) is 6.08 Å². The quantitative estimate of drug-likeness (QED) is 0.743. The van der Waals surface area contributed by atoms with Gasteiger partial charge in [0.1, 0.15) is 5.82 Å². The summed E-state index contributed by atoms with van der Waals surface area (Å²) in [6.07, 6.45) is 5.39. The van der Waals surface area contributed by atoms with E-state index in [0.717, 1.165) is 11.1 Å². The SMILES string of the molecule is Cc1cc(C=CCC(N)=O)cnc1N. The Balaban J connectivity index is 2.73. The number of carbonyl (C=O) groups is 1. The van der Waals surface area contributed by atoms with Gasteiger partial charge in [-0.3, -0.25) is 4.79 Å². The maximum Gasteiger partial charge on any atom is 0.221 e. The van der Waals surface area contributed by atoms with Gasteiger partial charge in [-0.05, 0) is 24.1 Å². The van der Waals surface area contributed by atoms with Crippen LogP contribution in [0, 0.1) is 6.92 Å². The van der Waals surface area contributed by atoms with E-state index in [-0.39, 0.29) is 12.3 Å². The average molecular weight is 191 g/mol. The van der Waals surface area contributed by atoms with Crippen molar-refractivity contribution in [1.29, 1.82) is 0 Å². The Morgan fingerprint density at radius 2 is 2.36 bits per heavy atom. The van der Waals surface area contributed by atoms with E-state index in [9.17, 15) is 4.79 Å². The zero-order valence-electron chi connectivity index (χ0n) is 8.03. The smallest absolute Gasteiger partial charge is 0.221 e. The zero-order chi connectivity index (χ0) is 10.6. The van der Waals surface area contributed by atoms with E-state index < -0.39 is 0 Å². The third-order valence-corrected chi connectivity index (χ3v) is 1.77. The van der Waals surface area contributed by atoms with Gasteiger partial charge in [0, 0.05) is 12.6 Å². The van der Waals surface area contributed by atoms with Gasteiger partial charge in [0.05, 0.1) is 0 Å². The van der Waals surface area contributed by atoms with Gasteiger partial charge in [-0.15, -0.1) is 0 Å². The molecular formula is C10H13N3O. The highest BCUT2D eigenvalue weighted by atomic mass is 16.1. The number of rotatable bonds is 3. The molecule has 14 heavy (non-hydrogen) atoms. The molecular weight excluding hydrogens is 178 g/mol. The molecule has 74 valence electrons. The molecule has 0 saturated heterocycles. The van der Waals surface area contributed by atoms with Crippen molar-refractivity contribution in [1.82, 2.24) is 4.98 Å². The number of aryl methyl sites for hydroxylation is 1. The van der Waals surface area contributed by atoms with Gasteiger partial charge in [0.25, 0.3) is 0 Å². The van der Waals surface area contributed by atoms with E-state index in [1.54, 1.807) is 18.3 Å². The third kappa shape index (κ3) is 2.90. The topological polar surface area (TPSA) is 82.0 Å². The van der Waals surface area contributed by atoms with Crippen LogP contribution in [0.4, 0.5) is 5.82 Å². The number of hydrogen-bond acceptors (Lipinski definition) is 3. The van der Waals surface area contributed by atoms with Crippen molar-refractivity contribution in [2.45, 2.75) is 13.3 Å². The summed E-state index contributed by atoms with van der Waals surface area (Å²) in [5.41, 5.74) is 12.4. The van der Waals surface area contributed by atoms with Crippen LogP contribution in [0.5, 0.6) is 0 Å². The largest absolute Gasteiger partial charge is 0.383 e. The summed E-state index contributed by atoms with van der Waals surface area (Å²) in [7, 11) is 0. The molecule has 0 radical (unpaired) electrons. The summed E-state index contributed by atoms with van der Waals surface area (Å²) in [6.45, 7) is 1.88. The fourth-order valence-electron chi connectivity index (χ4n) is 1.01. The minimum absolute atomic E-state index is 0.240. The molecule has 4 N–H and O–H groups in total. The molecule has 0 unspecified atom stereocenters. The molecule has 1 amide bonds.